The van der Waals surface area contributed by atoms with Gasteiger partial charge in [0.05, 0.1) is 19.8 Å². The van der Waals surface area contributed by atoms with Gasteiger partial charge in [0.2, 0.25) is 5.91 Å². The predicted molar refractivity (Wildman–Crippen MR) is 81.6 cm³/mol. The first-order valence-corrected chi connectivity index (χ1v) is 8.20. The Kier molecular flexibility index (Phi) is 6.92. The summed E-state index contributed by atoms with van der Waals surface area (Å²) in [7, 11) is 0. The van der Waals surface area contributed by atoms with Gasteiger partial charge in [-0.3, -0.25) is 9.69 Å². The molecule has 7 nitrogen and oxygen atoms in total. The van der Waals surface area contributed by atoms with E-state index >= 15 is 0 Å². The van der Waals surface area contributed by atoms with E-state index in [-0.39, 0.29) is 17.9 Å². The molecule has 0 bridgehead atoms. The van der Waals surface area contributed by atoms with Gasteiger partial charge in [0.25, 0.3) is 0 Å². The number of rotatable bonds is 5. The van der Waals surface area contributed by atoms with Gasteiger partial charge in [-0.05, 0) is 19.8 Å². The summed E-state index contributed by atoms with van der Waals surface area (Å²) >= 11 is 0. The number of likely N-dealkylation sites (tertiary alicyclic amines) is 1. The SMILES string of the molecule is CCOC(=O)N1CCC(C(=O)NCCN2CCOCC2)CC1. The maximum atomic E-state index is 12.2. The number of hydrogen-bond donors (Lipinski definition) is 1. The van der Waals surface area contributed by atoms with Crippen molar-refractivity contribution in [3.8, 4) is 0 Å². The van der Waals surface area contributed by atoms with Gasteiger partial charge >= 0.3 is 6.09 Å². The van der Waals surface area contributed by atoms with Crippen molar-refractivity contribution in [3.05, 3.63) is 0 Å². The van der Waals surface area contributed by atoms with E-state index in [2.05, 4.69) is 10.2 Å². The lowest BCUT2D eigenvalue weighted by Gasteiger charge is -2.31. The molecule has 0 aromatic heterocycles. The van der Waals surface area contributed by atoms with Crippen molar-refractivity contribution in [1.82, 2.24) is 15.1 Å². The van der Waals surface area contributed by atoms with Gasteiger partial charge in [0, 0.05) is 45.2 Å². The zero-order chi connectivity index (χ0) is 15.8. The lowest BCUT2D eigenvalue weighted by Crippen LogP contribution is -2.45. The van der Waals surface area contributed by atoms with Crippen LogP contribution in [0.5, 0.6) is 0 Å². The van der Waals surface area contributed by atoms with Gasteiger partial charge in [0.15, 0.2) is 0 Å². The molecular weight excluding hydrogens is 286 g/mol. The molecule has 0 aromatic carbocycles. The minimum atomic E-state index is -0.270. The van der Waals surface area contributed by atoms with Crippen LogP contribution in [0.2, 0.25) is 0 Å². The van der Waals surface area contributed by atoms with Crippen LogP contribution in [0.25, 0.3) is 0 Å². The molecule has 126 valence electrons. The Labute approximate surface area is 131 Å². The van der Waals surface area contributed by atoms with Crippen molar-refractivity contribution < 1.29 is 19.1 Å². The zero-order valence-corrected chi connectivity index (χ0v) is 13.4. The minimum Gasteiger partial charge on any atom is -0.450 e. The van der Waals surface area contributed by atoms with Crippen LogP contribution in [0.1, 0.15) is 19.8 Å². The average Bonchev–Trinajstić information content (AvgIpc) is 2.56. The summed E-state index contributed by atoms with van der Waals surface area (Å²) in [6.45, 7) is 8.37. The molecule has 2 amide bonds. The van der Waals surface area contributed by atoms with E-state index < -0.39 is 0 Å². The quantitative estimate of drug-likeness (QED) is 0.791. The third kappa shape index (κ3) is 5.14. The minimum absolute atomic E-state index is 0.00960. The average molecular weight is 313 g/mol. The van der Waals surface area contributed by atoms with Crippen LogP contribution in [0.4, 0.5) is 4.79 Å². The van der Waals surface area contributed by atoms with Gasteiger partial charge in [-0.25, -0.2) is 4.79 Å². The maximum Gasteiger partial charge on any atom is 0.409 e. The standard InChI is InChI=1S/C15H27N3O4/c1-2-22-15(20)18-6-3-13(4-7-18)14(19)16-5-8-17-9-11-21-12-10-17/h13H,2-12H2,1H3,(H,16,19). The smallest absolute Gasteiger partial charge is 0.409 e. The van der Waals surface area contributed by atoms with Crippen LogP contribution in [0.3, 0.4) is 0 Å². The van der Waals surface area contributed by atoms with Gasteiger partial charge in [-0.2, -0.15) is 0 Å². The number of nitrogens with one attached hydrogen (secondary N) is 1. The van der Waals surface area contributed by atoms with Crippen molar-refractivity contribution in [2.75, 3.05) is 59.1 Å². The summed E-state index contributed by atoms with van der Waals surface area (Å²) in [5.41, 5.74) is 0. The number of nitrogens with zero attached hydrogens (tertiary/aromatic N) is 2. The molecule has 2 rings (SSSR count). The van der Waals surface area contributed by atoms with E-state index in [1.54, 1.807) is 11.8 Å². The Morgan fingerprint density at radius 1 is 1.18 bits per heavy atom. The molecule has 2 fully saturated rings. The van der Waals surface area contributed by atoms with Crippen LogP contribution in [-0.2, 0) is 14.3 Å². The number of carbonyl (C=O) groups is 2. The highest BCUT2D eigenvalue weighted by Crippen LogP contribution is 2.17. The van der Waals surface area contributed by atoms with Crippen molar-refractivity contribution in [3.63, 3.8) is 0 Å². The third-order valence-corrected chi connectivity index (χ3v) is 4.22. The molecule has 2 aliphatic rings. The first kappa shape index (κ1) is 17.0. The van der Waals surface area contributed by atoms with Crippen molar-refractivity contribution in [2.45, 2.75) is 19.8 Å². The zero-order valence-electron chi connectivity index (χ0n) is 13.4. The lowest BCUT2D eigenvalue weighted by atomic mass is 9.96. The maximum absolute atomic E-state index is 12.2. The van der Waals surface area contributed by atoms with E-state index in [9.17, 15) is 9.59 Å². The van der Waals surface area contributed by atoms with E-state index in [4.69, 9.17) is 9.47 Å². The fraction of sp³-hybridized carbons (Fsp3) is 0.867. The summed E-state index contributed by atoms with van der Waals surface area (Å²) in [4.78, 5) is 27.7. The highest BCUT2D eigenvalue weighted by molar-refractivity contribution is 5.79. The number of morpholine rings is 1. The molecule has 0 atom stereocenters. The van der Waals surface area contributed by atoms with Gasteiger partial charge < -0.3 is 19.7 Å². The first-order chi connectivity index (χ1) is 10.7. The Morgan fingerprint density at radius 3 is 2.50 bits per heavy atom. The molecule has 2 aliphatic heterocycles. The van der Waals surface area contributed by atoms with Crippen molar-refractivity contribution in [1.29, 1.82) is 0 Å². The Balaban J connectivity index is 1.61. The van der Waals surface area contributed by atoms with Crippen LogP contribution in [0, 0.1) is 5.92 Å². The van der Waals surface area contributed by atoms with Crippen molar-refractivity contribution >= 4 is 12.0 Å². The number of amides is 2. The number of carbonyl (C=O) groups excluding carboxylic acids is 2. The summed E-state index contributed by atoms with van der Waals surface area (Å²) in [6.07, 6.45) is 1.15. The van der Waals surface area contributed by atoms with Gasteiger partial charge in [-0.1, -0.05) is 0 Å². The largest absolute Gasteiger partial charge is 0.450 e. The Hall–Kier alpha value is -1.34. The van der Waals surface area contributed by atoms with E-state index in [0.717, 1.165) is 32.8 Å². The molecule has 2 saturated heterocycles. The number of hydrogen-bond acceptors (Lipinski definition) is 5. The fourth-order valence-electron chi connectivity index (χ4n) is 2.85. The molecular formula is C15H27N3O4. The fourth-order valence-corrected chi connectivity index (χ4v) is 2.85. The normalized spacial score (nSPS) is 20.7. The van der Waals surface area contributed by atoms with Gasteiger partial charge in [-0.15, -0.1) is 0 Å². The molecule has 2 heterocycles. The molecule has 7 heteroatoms. The van der Waals surface area contributed by atoms with Crippen LogP contribution >= 0.6 is 0 Å². The second-order valence-corrected chi connectivity index (χ2v) is 5.71. The number of ether oxygens (including phenoxy) is 2. The molecule has 0 saturated carbocycles. The Morgan fingerprint density at radius 2 is 1.86 bits per heavy atom. The predicted octanol–water partition coefficient (Wildman–Crippen LogP) is 0.303. The van der Waals surface area contributed by atoms with E-state index in [1.807, 2.05) is 0 Å². The van der Waals surface area contributed by atoms with Crippen molar-refractivity contribution in [2.24, 2.45) is 5.92 Å². The first-order valence-electron chi connectivity index (χ1n) is 8.20. The summed E-state index contributed by atoms with van der Waals surface area (Å²) in [5, 5.41) is 3.01. The van der Waals surface area contributed by atoms with E-state index in [1.165, 1.54) is 0 Å². The molecule has 1 N–H and O–H groups in total. The van der Waals surface area contributed by atoms with Crippen LogP contribution < -0.4 is 5.32 Å². The molecule has 0 aliphatic carbocycles. The van der Waals surface area contributed by atoms with Crippen LogP contribution in [-0.4, -0.2) is 80.9 Å². The third-order valence-electron chi connectivity index (χ3n) is 4.22. The topological polar surface area (TPSA) is 71.1 Å². The molecule has 0 unspecified atom stereocenters. The molecule has 22 heavy (non-hydrogen) atoms. The summed E-state index contributed by atoms with van der Waals surface area (Å²) in [6, 6.07) is 0. The Bertz CT molecular complexity index is 364. The van der Waals surface area contributed by atoms with Crippen LogP contribution in [0.15, 0.2) is 0 Å². The summed E-state index contributed by atoms with van der Waals surface area (Å²) < 4.78 is 10.3. The lowest BCUT2D eigenvalue weighted by molar-refractivity contribution is -0.126. The second-order valence-electron chi connectivity index (χ2n) is 5.71. The van der Waals surface area contributed by atoms with Gasteiger partial charge in [0.1, 0.15) is 0 Å². The number of piperidine rings is 1. The summed E-state index contributed by atoms with van der Waals surface area (Å²) in [5.74, 6) is 0.118. The molecule has 0 aromatic rings. The van der Waals surface area contributed by atoms with E-state index in [0.29, 0.717) is 39.1 Å². The highest BCUT2D eigenvalue weighted by Gasteiger charge is 2.27. The monoisotopic (exact) mass is 313 g/mol. The molecule has 0 radical (unpaired) electrons. The second kappa shape index (κ2) is 8.95. The highest BCUT2D eigenvalue weighted by atomic mass is 16.6. The molecule has 0 spiro atoms.